The van der Waals surface area contributed by atoms with Gasteiger partial charge in [-0.15, -0.1) is 16.9 Å². The third-order valence-electron chi connectivity index (χ3n) is 5.83. The lowest BCUT2D eigenvalue weighted by Crippen LogP contribution is -2.14. The summed E-state index contributed by atoms with van der Waals surface area (Å²) in [5.41, 5.74) is 4.24. The molecule has 0 spiro atoms. The van der Waals surface area contributed by atoms with E-state index in [0.29, 0.717) is 33.6 Å². The highest BCUT2D eigenvalue weighted by Crippen LogP contribution is 2.33. The zero-order chi connectivity index (χ0) is 26.6. The molecule has 38 heavy (non-hydrogen) atoms. The molecule has 0 aliphatic carbocycles. The number of halogens is 2. The van der Waals surface area contributed by atoms with Crippen molar-refractivity contribution in [3.8, 4) is 16.9 Å². The first kappa shape index (κ1) is 25.2. The highest BCUT2D eigenvalue weighted by Gasteiger charge is 2.13. The molecule has 0 bridgehead atoms. The van der Waals surface area contributed by atoms with Gasteiger partial charge >= 0.3 is 0 Å². The lowest BCUT2D eigenvalue weighted by Gasteiger charge is -2.10. The Morgan fingerprint density at radius 1 is 1.00 bits per heavy atom. The van der Waals surface area contributed by atoms with E-state index >= 15 is 0 Å². The van der Waals surface area contributed by atoms with E-state index in [1.165, 1.54) is 37.1 Å². The van der Waals surface area contributed by atoms with Crippen LogP contribution in [0.15, 0.2) is 83.9 Å². The Labute approximate surface area is 221 Å². The molecule has 0 fully saturated rings. The van der Waals surface area contributed by atoms with Crippen LogP contribution in [0.3, 0.4) is 0 Å². The number of aromatic nitrogens is 3. The zero-order valence-electron chi connectivity index (χ0n) is 20.5. The van der Waals surface area contributed by atoms with Gasteiger partial charge in [-0.05, 0) is 59.8 Å². The monoisotopic (exact) mass is 531 g/mol. The number of hydrogen-bond donors (Lipinski definition) is 2. The third kappa shape index (κ3) is 5.60. The van der Waals surface area contributed by atoms with E-state index in [1.807, 2.05) is 42.6 Å². The summed E-state index contributed by atoms with van der Waals surface area (Å²) in [5, 5.41) is 10.4. The fraction of sp³-hybridized carbons (Fsp3) is 0.107. The SMILES string of the molecule is COc1cc(SC)c(F)cc1Nc1nc2ccc(-c3ccc(NC(=O)Cc4ccc(F)cc4)cc3)cn2n1. The second kappa shape index (κ2) is 10.9. The Morgan fingerprint density at radius 2 is 1.74 bits per heavy atom. The van der Waals surface area contributed by atoms with Crippen LogP contribution in [0.5, 0.6) is 5.75 Å². The number of carbonyl (C=O) groups excluding carboxylic acids is 1. The molecule has 7 nitrogen and oxygen atoms in total. The zero-order valence-corrected chi connectivity index (χ0v) is 21.4. The number of methoxy groups -OCH3 is 1. The van der Waals surface area contributed by atoms with Crippen LogP contribution in [-0.4, -0.2) is 33.9 Å². The van der Waals surface area contributed by atoms with Crippen molar-refractivity contribution in [3.63, 3.8) is 0 Å². The number of nitrogens with zero attached hydrogens (tertiary/aromatic N) is 3. The van der Waals surface area contributed by atoms with Gasteiger partial charge in [0.15, 0.2) is 5.65 Å². The largest absolute Gasteiger partial charge is 0.495 e. The van der Waals surface area contributed by atoms with Gasteiger partial charge in [0.05, 0.1) is 19.2 Å². The molecule has 2 heterocycles. The lowest BCUT2D eigenvalue weighted by molar-refractivity contribution is -0.115. The number of ether oxygens (including phenoxy) is 1. The fourth-order valence-electron chi connectivity index (χ4n) is 3.92. The van der Waals surface area contributed by atoms with Gasteiger partial charge in [-0.3, -0.25) is 4.79 Å². The number of thioether (sulfide) groups is 1. The smallest absolute Gasteiger partial charge is 0.247 e. The normalized spacial score (nSPS) is 10.9. The molecule has 2 N–H and O–H groups in total. The predicted molar refractivity (Wildman–Crippen MR) is 145 cm³/mol. The molecule has 0 saturated heterocycles. The van der Waals surface area contributed by atoms with E-state index in [4.69, 9.17) is 4.74 Å². The Kier molecular flexibility index (Phi) is 7.23. The summed E-state index contributed by atoms with van der Waals surface area (Å²) in [5.74, 6) is -0.0935. The van der Waals surface area contributed by atoms with Gasteiger partial charge in [0, 0.05) is 28.4 Å². The number of carbonyl (C=O) groups is 1. The van der Waals surface area contributed by atoms with Crippen molar-refractivity contribution >= 4 is 40.6 Å². The van der Waals surface area contributed by atoms with E-state index < -0.39 is 0 Å². The summed E-state index contributed by atoms with van der Waals surface area (Å²) in [6.45, 7) is 0. The van der Waals surface area contributed by atoms with Gasteiger partial charge in [-0.1, -0.05) is 24.3 Å². The number of rotatable bonds is 8. The number of anilines is 3. The van der Waals surface area contributed by atoms with Gasteiger partial charge in [0.1, 0.15) is 17.4 Å². The van der Waals surface area contributed by atoms with Gasteiger partial charge < -0.3 is 15.4 Å². The van der Waals surface area contributed by atoms with Crippen molar-refractivity contribution in [2.24, 2.45) is 0 Å². The first-order chi connectivity index (χ1) is 18.4. The maximum atomic E-state index is 14.3. The summed E-state index contributed by atoms with van der Waals surface area (Å²) < 4.78 is 34.4. The molecule has 3 aromatic carbocycles. The van der Waals surface area contributed by atoms with Gasteiger partial charge in [0.2, 0.25) is 11.9 Å². The molecular formula is C28H23F2N5O2S. The summed E-state index contributed by atoms with van der Waals surface area (Å²) in [4.78, 5) is 17.3. The molecule has 192 valence electrons. The van der Waals surface area contributed by atoms with Crippen LogP contribution < -0.4 is 15.4 Å². The molecular weight excluding hydrogens is 508 g/mol. The lowest BCUT2D eigenvalue weighted by atomic mass is 10.1. The number of nitrogens with one attached hydrogen (secondary N) is 2. The number of hydrogen-bond acceptors (Lipinski definition) is 6. The molecule has 5 rings (SSSR count). The average Bonchev–Trinajstić information content (AvgIpc) is 3.32. The van der Waals surface area contributed by atoms with E-state index in [9.17, 15) is 13.6 Å². The number of amides is 1. The topological polar surface area (TPSA) is 80.5 Å². The minimum Gasteiger partial charge on any atom is -0.495 e. The number of benzene rings is 3. The minimum absolute atomic E-state index is 0.154. The summed E-state index contributed by atoms with van der Waals surface area (Å²) >= 11 is 1.30. The van der Waals surface area contributed by atoms with Crippen LogP contribution in [-0.2, 0) is 11.2 Å². The van der Waals surface area contributed by atoms with Crippen molar-refractivity contribution in [3.05, 3.63) is 96.2 Å². The van der Waals surface area contributed by atoms with Crippen molar-refractivity contribution in [2.75, 3.05) is 24.0 Å². The fourth-order valence-corrected chi connectivity index (χ4v) is 4.40. The second-order valence-corrected chi connectivity index (χ2v) is 9.24. The Hall–Kier alpha value is -4.44. The average molecular weight is 532 g/mol. The van der Waals surface area contributed by atoms with Crippen LogP contribution in [0, 0.1) is 11.6 Å². The van der Waals surface area contributed by atoms with Gasteiger partial charge in [-0.2, -0.15) is 4.98 Å². The summed E-state index contributed by atoms with van der Waals surface area (Å²) in [6, 6.07) is 20.0. The third-order valence-corrected chi connectivity index (χ3v) is 6.58. The molecule has 2 aromatic heterocycles. The predicted octanol–water partition coefficient (Wildman–Crippen LogP) is 6.33. The standard InChI is InChI=1S/C28H23F2N5O2S/c1-37-24-15-25(38-2)22(30)14-23(24)32-28-33-26-12-7-19(16-35(26)34-28)18-5-10-21(11-6-18)31-27(36)13-17-3-8-20(29)9-4-17/h3-12,14-16H,13H2,1-2H3,(H,31,36)(H,32,34). The van der Waals surface area contributed by atoms with Crippen molar-refractivity contribution in [1.29, 1.82) is 0 Å². The molecule has 0 saturated carbocycles. The number of pyridine rings is 1. The highest BCUT2D eigenvalue weighted by atomic mass is 32.2. The van der Waals surface area contributed by atoms with Crippen molar-refractivity contribution < 1.29 is 18.3 Å². The number of fused-ring (bicyclic) bond motifs is 1. The molecule has 10 heteroatoms. The van der Waals surface area contributed by atoms with Gasteiger partial charge in [-0.25, -0.2) is 13.3 Å². The van der Waals surface area contributed by atoms with Crippen LogP contribution in [0.2, 0.25) is 0 Å². The van der Waals surface area contributed by atoms with Crippen LogP contribution in [0.1, 0.15) is 5.56 Å². The maximum absolute atomic E-state index is 14.3. The van der Waals surface area contributed by atoms with E-state index in [0.717, 1.165) is 16.7 Å². The molecule has 5 aromatic rings. The van der Waals surface area contributed by atoms with Crippen LogP contribution in [0.4, 0.5) is 26.1 Å². The molecule has 0 aliphatic heterocycles. The van der Waals surface area contributed by atoms with Crippen LogP contribution in [0.25, 0.3) is 16.8 Å². The maximum Gasteiger partial charge on any atom is 0.247 e. The molecule has 0 radical (unpaired) electrons. The first-order valence-corrected chi connectivity index (χ1v) is 12.8. The minimum atomic E-state index is -0.359. The Balaban J connectivity index is 1.29. The van der Waals surface area contributed by atoms with Gasteiger partial charge in [0.25, 0.3) is 0 Å². The van der Waals surface area contributed by atoms with E-state index in [1.54, 1.807) is 29.0 Å². The summed E-state index contributed by atoms with van der Waals surface area (Å²) in [6.07, 6.45) is 3.79. The Morgan fingerprint density at radius 3 is 2.45 bits per heavy atom. The Bertz CT molecular complexity index is 1600. The van der Waals surface area contributed by atoms with E-state index in [2.05, 4.69) is 20.7 Å². The molecule has 0 unspecified atom stereocenters. The van der Waals surface area contributed by atoms with Crippen molar-refractivity contribution in [1.82, 2.24) is 14.6 Å². The second-order valence-electron chi connectivity index (χ2n) is 8.40. The van der Waals surface area contributed by atoms with Crippen molar-refractivity contribution in [2.45, 2.75) is 11.3 Å². The summed E-state index contributed by atoms with van der Waals surface area (Å²) in [7, 11) is 1.52. The molecule has 1 amide bonds. The van der Waals surface area contributed by atoms with E-state index in [-0.39, 0.29) is 24.0 Å². The van der Waals surface area contributed by atoms with Crippen LogP contribution >= 0.6 is 11.8 Å². The molecule has 0 atom stereocenters. The molecule has 0 aliphatic rings. The highest BCUT2D eigenvalue weighted by molar-refractivity contribution is 7.98. The first-order valence-electron chi connectivity index (χ1n) is 11.6. The quantitative estimate of drug-likeness (QED) is 0.228.